The Balaban J connectivity index is 2.79. The summed E-state index contributed by atoms with van der Waals surface area (Å²) in [5, 5.41) is 3.10. The second kappa shape index (κ2) is 5.85. The van der Waals surface area contributed by atoms with E-state index in [2.05, 4.69) is 19.2 Å². The van der Waals surface area contributed by atoms with E-state index in [1.54, 1.807) is 19.1 Å². The molecule has 0 bridgehead atoms. The fourth-order valence-electron chi connectivity index (χ4n) is 1.68. The van der Waals surface area contributed by atoms with E-state index in [-0.39, 0.29) is 5.82 Å². The molecule has 3 N–H and O–H groups in total. The number of amides is 1. The summed E-state index contributed by atoms with van der Waals surface area (Å²) in [5.74, 6) is -0.199. The van der Waals surface area contributed by atoms with Crippen molar-refractivity contribution in [3.63, 3.8) is 0 Å². The van der Waals surface area contributed by atoms with Crippen LogP contribution in [0.5, 0.6) is 0 Å². The highest BCUT2D eigenvalue weighted by atomic mass is 19.1. The van der Waals surface area contributed by atoms with Crippen molar-refractivity contribution in [1.82, 2.24) is 0 Å². The molecule has 100 valence electrons. The van der Waals surface area contributed by atoms with Gasteiger partial charge in [-0.3, -0.25) is 4.79 Å². The van der Waals surface area contributed by atoms with Crippen LogP contribution in [0, 0.1) is 11.7 Å². The van der Waals surface area contributed by atoms with Crippen LogP contribution in [0.2, 0.25) is 0 Å². The van der Waals surface area contributed by atoms with Crippen LogP contribution in [-0.4, -0.2) is 11.4 Å². The van der Waals surface area contributed by atoms with Crippen LogP contribution in [0.25, 0.3) is 0 Å². The molecule has 1 aromatic rings. The van der Waals surface area contributed by atoms with Crippen molar-refractivity contribution in [2.45, 2.75) is 39.2 Å². The first-order chi connectivity index (χ1) is 8.33. The molecule has 0 heterocycles. The van der Waals surface area contributed by atoms with Gasteiger partial charge in [-0.2, -0.15) is 0 Å². The number of nitrogens with one attached hydrogen (secondary N) is 1. The lowest BCUT2D eigenvalue weighted by molar-refractivity contribution is -0.122. The van der Waals surface area contributed by atoms with Crippen LogP contribution in [0.1, 0.15) is 33.6 Å². The minimum Gasteiger partial charge on any atom is -0.371 e. The van der Waals surface area contributed by atoms with Gasteiger partial charge in [-0.25, -0.2) is 4.39 Å². The summed E-state index contributed by atoms with van der Waals surface area (Å²) in [5.41, 5.74) is 5.35. The molecule has 0 saturated carbocycles. The molecule has 18 heavy (non-hydrogen) atoms. The summed E-state index contributed by atoms with van der Waals surface area (Å²) in [4.78, 5) is 11.6. The van der Waals surface area contributed by atoms with Gasteiger partial charge >= 0.3 is 0 Å². The Labute approximate surface area is 108 Å². The van der Waals surface area contributed by atoms with Gasteiger partial charge in [-0.15, -0.1) is 0 Å². The molecule has 1 rings (SSSR count). The molecule has 0 aliphatic heterocycles. The topological polar surface area (TPSA) is 55.1 Å². The van der Waals surface area contributed by atoms with E-state index < -0.39 is 11.4 Å². The Kier molecular flexibility index (Phi) is 4.70. The molecule has 4 heteroatoms. The number of hydrogen-bond donors (Lipinski definition) is 2. The summed E-state index contributed by atoms with van der Waals surface area (Å²) < 4.78 is 12.8. The van der Waals surface area contributed by atoms with Crippen LogP contribution >= 0.6 is 0 Å². The highest BCUT2D eigenvalue weighted by Crippen LogP contribution is 2.22. The first kappa shape index (κ1) is 14.5. The molecule has 0 spiro atoms. The fourth-order valence-corrected chi connectivity index (χ4v) is 1.68. The van der Waals surface area contributed by atoms with E-state index in [1.165, 1.54) is 12.1 Å². The highest BCUT2D eigenvalue weighted by Gasteiger charge is 2.30. The van der Waals surface area contributed by atoms with Crippen LogP contribution < -0.4 is 11.1 Å². The Morgan fingerprint density at radius 1 is 1.39 bits per heavy atom. The molecular weight excluding hydrogens is 231 g/mol. The summed E-state index contributed by atoms with van der Waals surface area (Å²) in [6, 6.07) is 5.91. The first-order valence-corrected chi connectivity index (χ1v) is 6.17. The van der Waals surface area contributed by atoms with E-state index in [0.717, 1.165) is 6.42 Å². The zero-order chi connectivity index (χ0) is 13.8. The molecule has 1 aromatic carbocycles. The second-order valence-electron chi connectivity index (χ2n) is 5.26. The number of carbonyl (C=O) groups excluding carboxylic acids is 1. The summed E-state index contributed by atoms with van der Waals surface area (Å²) in [6.45, 7) is 5.97. The van der Waals surface area contributed by atoms with E-state index in [1.807, 2.05) is 0 Å². The number of benzene rings is 1. The number of rotatable bonds is 6. The van der Waals surface area contributed by atoms with Crippen molar-refractivity contribution < 1.29 is 9.18 Å². The molecule has 1 atom stereocenters. The van der Waals surface area contributed by atoms with Gasteiger partial charge in [0.25, 0.3) is 0 Å². The predicted molar refractivity (Wildman–Crippen MR) is 71.7 cm³/mol. The Bertz CT molecular complexity index is 403. The lowest BCUT2D eigenvalue weighted by atomic mass is 9.91. The maximum Gasteiger partial charge on any atom is 0.242 e. The molecule has 0 saturated heterocycles. The maximum absolute atomic E-state index is 12.8. The molecule has 0 aliphatic carbocycles. The minimum atomic E-state index is -0.803. The molecule has 0 fully saturated rings. The summed E-state index contributed by atoms with van der Waals surface area (Å²) in [6.07, 6.45) is 1.55. The standard InChI is InChI=1S/C14H21FN2O/c1-10(2)8-9-14(3,13(16)18)17-12-6-4-11(15)5-7-12/h4-7,10,17H,8-9H2,1-3H3,(H2,16,18). The third-order valence-corrected chi connectivity index (χ3v) is 3.03. The Hall–Kier alpha value is -1.58. The number of carbonyl (C=O) groups is 1. The van der Waals surface area contributed by atoms with Crippen LogP contribution in [0.3, 0.4) is 0 Å². The molecule has 0 aromatic heterocycles. The van der Waals surface area contributed by atoms with Gasteiger partial charge < -0.3 is 11.1 Å². The smallest absolute Gasteiger partial charge is 0.242 e. The molecule has 0 aliphatic rings. The average Bonchev–Trinajstić information content (AvgIpc) is 2.29. The number of anilines is 1. The molecule has 3 nitrogen and oxygen atoms in total. The van der Waals surface area contributed by atoms with Crippen molar-refractivity contribution >= 4 is 11.6 Å². The summed E-state index contributed by atoms with van der Waals surface area (Å²) in [7, 11) is 0. The third-order valence-electron chi connectivity index (χ3n) is 3.03. The molecular formula is C14H21FN2O. The lowest BCUT2D eigenvalue weighted by Crippen LogP contribution is -2.48. The third kappa shape index (κ3) is 4.02. The second-order valence-corrected chi connectivity index (χ2v) is 5.26. The van der Waals surface area contributed by atoms with E-state index in [4.69, 9.17) is 5.73 Å². The zero-order valence-corrected chi connectivity index (χ0v) is 11.2. The van der Waals surface area contributed by atoms with Crippen molar-refractivity contribution in [2.24, 2.45) is 11.7 Å². The zero-order valence-electron chi connectivity index (χ0n) is 11.2. The number of hydrogen-bond acceptors (Lipinski definition) is 2. The van der Waals surface area contributed by atoms with Gasteiger partial charge in [-0.05, 0) is 49.9 Å². The molecule has 1 amide bonds. The van der Waals surface area contributed by atoms with Crippen LogP contribution in [0.15, 0.2) is 24.3 Å². The largest absolute Gasteiger partial charge is 0.371 e. The fraction of sp³-hybridized carbons (Fsp3) is 0.500. The van der Waals surface area contributed by atoms with Crippen molar-refractivity contribution in [3.05, 3.63) is 30.1 Å². The molecule has 1 unspecified atom stereocenters. The quantitative estimate of drug-likeness (QED) is 0.818. The Morgan fingerprint density at radius 2 is 1.94 bits per heavy atom. The monoisotopic (exact) mass is 252 g/mol. The van der Waals surface area contributed by atoms with E-state index in [0.29, 0.717) is 18.0 Å². The van der Waals surface area contributed by atoms with Gasteiger partial charge in [0, 0.05) is 5.69 Å². The number of halogens is 1. The normalized spacial score (nSPS) is 14.3. The van der Waals surface area contributed by atoms with Gasteiger partial charge in [0.15, 0.2) is 0 Å². The maximum atomic E-state index is 12.8. The Morgan fingerprint density at radius 3 is 2.39 bits per heavy atom. The van der Waals surface area contributed by atoms with Crippen molar-refractivity contribution in [1.29, 1.82) is 0 Å². The van der Waals surface area contributed by atoms with Crippen LogP contribution in [-0.2, 0) is 4.79 Å². The molecule has 0 radical (unpaired) electrons. The van der Waals surface area contributed by atoms with Gasteiger partial charge in [-0.1, -0.05) is 13.8 Å². The van der Waals surface area contributed by atoms with Gasteiger partial charge in [0.1, 0.15) is 11.4 Å². The highest BCUT2D eigenvalue weighted by molar-refractivity contribution is 5.87. The summed E-state index contributed by atoms with van der Waals surface area (Å²) >= 11 is 0. The van der Waals surface area contributed by atoms with Crippen molar-refractivity contribution in [3.8, 4) is 0 Å². The van der Waals surface area contributed by atoms with E-state index in [9.17, 15) is 9.18 Å². The van der Waals surface area contributed by atoms with E-state index >= 15 is 0 Å². The number of nitrogens with two attached hydrogens (primary N) is 1. The lowest BCUT2D eigenvalue weighted by Gasteiger charge is -2.29. The van der Waals surface area contributed by atoms with Crippen LogP contribution in [0.4, 0.5) is 10.1 Å². The minimum absolute atomic E-state index is 0.302. The average molecular weight is 252 g/mol. The van der Waals surface area contributed by atoms with Crippen molar-refractivity contribution in [2.75, 3.05) is 5.32 Å². The SMILES string of the molecule is CC(C)CCC(C)(Nc1ccc(F)cc1)C(N)=O. The van der Waals surface area contributed by atoms with Gasteiger partial charge in [0.05, 0.1) is 0 Å². The van der Waals surface area contributed by atoms with Gasteiger partial charge in [0.2, 0.25) is 5.91 Å². The first-order valence-electron chi connectivity index (χ1n) is 6.17. The number of primary amides is 1. The predicted octanol–water partition coefficient (Wildman–Crippen LogP) is 2.92.